The Morgan fingerprint density at radius 3 is 1.66 bits per heavy atom. The van der Waals surface area contributed by atoms with Crippen LogP contribution in [0.1, 0.15) is 134 Å². The maximum Gasteiger partial charge on any atom is 0.309 e. The first-order valence-electron chi connectivity index (χ1n) is 22.8. The van der Waals surface area contributed by atoms with Crippen LogP contribution in [0.2, 0.25) is 5.31 Å². The van der Waals surface area contributed by atoms with Crippen LogP contribution < -0.4 is 0 Å². The highest BCUT2D eigenvalue weighted by atomic mass is 32.2. The van der Waals surface area contributed by atoms with Crippen molar-refractivity contribution in [3.05, 3.63) is 11.9 Å². The lowest BCUT2D eigenvalue weighted by molar-refractivity contribution is -0.154. The van der Waals surface area contributed by atoms with Crippen LogP contribution in [0.15, 0.2) is 6.20 Å². The molecule has 0 aliphatic heterocycles. The number of hydrogen-bond donors (Lipinski definition) is 1. The maximum atomic E-state index is 12.8. The number of esters is 4. The minimum Gasteiger partial charge on any atom is -0.462 e. The van der Waals surface area contributed by atoms with Crippen LogP contribution in [0.3, 0.4) is 0 Å². The molecule has 0 spiro atoms. The number of nitrogens with zero attached hydrogens (tertiary/aromatic N) is 4. The van der Waals surface area contributed by atoms with Crippen molar-refractivity contribution in [1.82, 2.24) is 19.9 Å². The van der Waals surface area contributed by atoms with Gasteiger partial charge in [-0.2, -0.15) is 36.2 Å². The number of rotatable bonds is 34. The molecule has 64 heavy (non-hydrogen) atoms. The van der Waals surface area contributed by atoms with Crippen molar-refractivity contribution >= 4 is 75.7 Å². The highest BCUT2D eigenvalue weighted by molar-refractivity contribution is 8.00. The van der Waals surface area contributed by atoms with Crippen LogP contribution in [-0.4, -0.2) is 150 Å². The minimum atomic E-state index is -0.463. The Labute approximate surface area is 402 Å². The number of carbonyl (C=O) groups is 4. The van der Waals surface area contributed by atoms with E-state index in [0.29, 0.717) is 43.3 Å². The first kappa shape index (κ1) is 60.1. The molecule has 0 aliphatic carbocycles. The third-order valence-corrected chi connectivity index (χ3v) is 13.5. The Morgan fingerprint density at radius 1 is 0.734 bits per heavy atom. The Kier molecular flexibility index (Phi) is 26.1. The van der Waals surface area contributed by atoms with E-state index in [9.17, 15) is 19.2 Å². The van der Waals surface area contributed by atoms with Gasteiger partial charge >= 0.3 is 23.9 Å². The summed E-state index contributed by atoms with van der Waals surface area (Å²) >= 11 is 8.13. The van der Waals surface area contributed by atoms with Crippen LogP contribution >= 0.6 is 36.2 Å². The van der Waals surface area contributed by atoms with Crippen LogP contribution in [0, 0.1) is 11.8 Å². The molecule has 1 aromatic heterocycles. The van der Waals surface area contributed by atoms with Gasteiger partial charge in [0.05, 0.1) is 36.0 Å². The van der Waals surface area contributed by atoms with E-state index in [1.165, 1.54) is 0 Å². The summed E-state index contributed by atoms with van der Waals surface area (Å²) in [5.74, 6) is -0.942. The second-order valence-corrected chi connectivity index (χ2v) is 25.9. The monoisotopic (exact) mass is 959 g/mol. The Morgan fingerprint density at radius 2 is 1.20 bits per heavy atom. The van der Waals surface area contributed by atoms with Gasteiger partial charge in [-0.15, -0.1) is 5.10 Å². The predicted octanol–water partition coefficient (Wildman–Crippen LogP) is 6.22. The predicted molar refractivity (Wildman–Crippen MR) is 268 cm³/mol. The molecule has 0 saturated carbocycles. The van der Waals surface area contributed by atoms with Gasteiger partial charge in [-0.1, -0.05) is 79.8 Å². The fourth-order valence-corrected chi connectivity index (χ4v) is 10.1. The lowest BCUT2D eigenvalue weighted by atomic mass is 9.67. The molecular formula is C45H84B2N4O10S3. The van der Waals surface area contributed by atoms with E-state index in [-0.39, 0.29) is 101 Å². The fraction of sp³-hybridized carbons (Fsp3) is 0.867. The molecule has 0 aromatic carbocycles. The quantitative estimate of drug-likeness (QED) is 0.0273. The summed E-state index contributed by atoms with van der Waals surface area (Å²) in [7, 11) is 5.95. The Hall–Kier alpha value is -1.92. The zero-order valence-corrected chi connectivity index (χ0v) is 44.9. The van der Waals surface area contributed by atoms with Gasteiger partial charge in [0.25, 0.3) is 0 Å². The van der Waals surface area contributed by atoms with E-state index in [4.69, 9.17) is 28.4 Å². The second-order valence-electron chi connectivity index (χ2n) is 21.3. The smallest absolute Gasteiger partial charge is 0.309 e. The van der Waals surface area contributed by atoms with Gasteiger partial charge in [0, 0.05) is 77.3 Å². The number of methoxy groups -OCH3 is 1. The van der Waals surface area contributed by atoms with E-state index in [1.54, 1.807) is 35.3 Å². The van der Waals surface area contributed by atoms with E-state index in [1.807, 2.05) is 53.6 Å². The zero-order valence-electron chi connectivity index (χ0n) is 42.4. The summed E-state index contributed by atoms with van der Waals surface area (Å²) in [5, 5.41) is 8.86. The molecule has 0 fully saturated rings. The largest absolute Gasteiger partial charge is 0.462 e. The second kappa shape index (κ2) is 27.8. The molecule has 3 unspecified atom stereocenters. The number of hydrogen-bond acceptors (Lipinski definition) is 16. The topological polar surface area (TPSA) is 158 Å². The van der Waals surface area contributed by atoms with Gasteiger partial charge in [0.2, 0.25) is 0 Å². The zero-order chi connectivity index (χ0) is 49.0. The fourth-order valence-electron chi connectivity index (χ4n) is 6.93. The molecule has 1 aromatic rings. The van der Waals surface area contributed by atoms with E-state index in [0.717, 1.165) is 19.3 Å². The third kappa shape index (κ3) is 29.7. The Balaban J connectivity index is 2.74. The molecule has 1 heterocycles. The van der Waals surface area contributed by atoms with Crippen LogP contribution in [0.4, 0.5) is 0 Å². The molecule has 0 saturated heterocycles. The summed E-state index contributed by atoms with van der Waals surface area (Å²) < 4.78 is 34.9. The SMILES string of the molecule is BC(C)(C)CC(C)(C)SCC(C)C(=O)OCCOC(=O)CCN(CCC(=O)OCCOC(=O)C(C)CSC(C)(C)CC(C)(C)S)Cc1cn(CCC(B)(C)OCCC(C)(C)OC)nn1. The lowest BCUT2D eigenvalue weighted by Gasteiger charge is -2.32. The molecular weight excluding hydrogens is 874 g/mol. The molecule has 0 aliphatic rings. The van der Waals surface area contributed by atoms with Crippen molar-refractivity contribution in [1.29, 1.82) is 0 Å². The van der Waals surface area contributed by atoms with Crippen molar-refractivity contribution < 1.29 is 47.6 Å². The first-order valence-corrected chi connectivity index (χ1v) is 25.2. The molecule has 14 nitrogen and oxygen atoms in total. The van der Waals surface area contributed by atoms with E-state index in [2.05, 4.69) is 86.2 Å². The summed E-state index contributed by atoms with van der Waals surface area (Å²) in [6.45, 7) is 28.9. The van der Waals surface area contributed by atoms with Crippen LogP contribution in [-0.2, 0) is 60.7 Å². The van der Waals surface area contributed by atoms with Gasteiger partial charge in [0.15, 0.2) is 0 Å². The highest BCUT2D eigenvalue weighted by Crippen LogP contribution is 2.40. The van der Waals surface area contributed by atoms with Gasteiger partial charge in [-0.3, -0.25) is 28.8 Å². The summed E-state index contributed by atoms with van der Waals surface area (Å²) in [6, 6.07) is 0. The number of ether oxygens (including phenoxy) is 6. The van der Waals surface area contributed by atoms with Crippen molar-refractivity contribution in [3.8, 4) is 0 Å². The van der Waals surface area contributed by atoms with Crippen LogP contribution in [0.5, 0.6) is 0 Å². The normalized spacial score (nSPS) is 14.8. The molecule has 0 N–H and O–H groups in total. The van der Waals surface area contributed by atoms with E-state index >= 15 is 0 Å². The van der Waals surface area contributed by atoms with Gasteiger partial charge in [-0.25, -0.2) is 0 Å². The highest BCUT2D eigenvalue weighted by Gasteiger charge is 2.30. The van der Waals surface area contributed by atoms with Gasteiger partial charge < -0.3 is 28.4 Å². The molecule has 368 valence electrons. The number of carbonyl (C=O) groups excluding carboxylic acids is 4. The molecule has 3 atom stereocenters. The minimum absolute atomic E-state index is 0.0261. The Bertz CT molecular complexity index is 1490. The van der Waals surface area contributed by atoms with Crippen molar-refractivity contribution in [2.45, 2.75) is 172 Å². The summed E-state index contributed by atoms with van der Waals surface area (Å²) in [4.78, 5) is 52.8. The van der Waals surface area contributed by atoms with E-state index < -0.39 is 17.4 Å². The average Bonchev–Trinajstić information content (AvgIpc) is 3.61. The number of thioether (sulfide) groups is 2. The molecule has 0 amide bonds. The lowest BCUT2D eigenvalue weighted by Crippen LogP contribution is -2.34. The number of thiol groups is 1. The summed E-state index contributed by atoms with van der Waals surface area (Å²) in [6.07, 6.45) is 5.28. The van der Waals surface area contributed by atoms with Crippen molar-refractivity contribution in [2.75, 3.05) is 64.7 Å². The standard InChI is InChI=1S/C45H84B2N4O10S3/c1-33(29-63-43(9,10)31-40(3,4)46)38(54)59-25-23-57-36(52)15-19-50(27-35-28-51(49-48-35)21-17-45(13,47)61-22-18-41(5,6)56-14)20-16-37(53)58-24-26-60-39(55)34(2)30-64-44(11,12)32-42(7,8)62/h28,33-34,62H,15-27,29-32,46-47H2,1-14H3. The number of aromatic nitrogens is 3. The molecule has 19 heteroatoms. The maximum absolute atomic E-state index is 12.8. The van der Waals surface area contributed by atoms with Gasteiger partial charge in [0.1, 0.15) is 42.1 Å². The number of aryl methyl sites for hydroxylation is 1. The average molecular weight is 959 g/mol. The molecule has 0 bridgehead atoms. The first-order chi connectivity index (χ1) is 29.3. The summed E-state index contributed by atoms with van der Waals surface area (Å²) in [5.41, 5.74) is 0.0131. The van der Waals surface area contributed by atoms with Crippen LogP contribution in [0.25, 0.3) is 0 Å². The molecule has 1 rings (SSSR count). The molecule has 0 radical (unpaired) electrons. The third-order valence-electron chi connectivity index (χ3n) is 10.2. The van der Waals surface area contributed by atoms with Crippen molar-refractivity contribution in [2.24, 2.45) is 11.8 Å². The van der Waals surface area contributed by atoms with Gasteiger partial charge in [-0.05, 0) is 46.5 Å². The van der Waals surface area contributed by atoms with Crippen molar-refractivity contribution in [3.63, 3.8) is 0 Å².